The quantitative estimate of drug-likeness (QED) is 0.101. The molecule has 49 heavy (non-hydrogen) atoms. The van der Waals surface area contributed by atoms with Gasteiger partial charge in [0.15, 0.2) is 6.10 Å². The first-order chi connectivity index (χ1) is 23.6. The van der Waals surface area contributed by atoms with Crippen LogP contribution in [0.4, 0.5) is 16.2 Å². The Bertz CT molecular complexity index is 1860. The van der Waals surface area contributed by atoms with E-state index in [1.165, 1.54) is 12.1 Å². The maximum atomic E-state index is 13.1. The summed E-state index contributed by atoms with van der Waals surface area (Å²) in [5, 5.41) is 14.9. The van der Waals surface area contributed by atoms with Gasteiger partial charge in [0.05, 0.1) is 9.82 Å². The first-order valence-electron chi connectivity index (χ1n) is 15.7. The van der Waals surface area contributed by atoms with Gasteiger partial charge in [-0.05, 0) is 72.5 Å². The van der Waals surface area contributed by atoms with E-state index >= 15 is 0 Å². The molecule has 4 aromatic rings. The van der Waals surface area contributed by atoms with Gasteiger partial charge in [0.2, 0.25) is 0 Å². The molecule has 1 aliphatic rings. The van der Waals surface area contributed by atoms with Crippen molar-refractivity contribution in [3.8, 4) is 17.2 Å². The van der Waals surface area contributed by atoms with Crippen molar-refractivity contribution in [1.82, 2.24) is 4.72 Å². The van der Waals surface area contributed by atoms with Crippen LogP contribution < -0.4 is 25.2 Å². The number of nitrogens with one attached hydrogen (secondary N) is 2. The predicted molar refractivity (Wildman–Crippen MR) is 181 cm³/mol. The molecule has 0 aromatic heterocycles. The molecule has 0 spiro atoms. The lowest BCUT2D eigenvalue weighted by atomic mass is 9.95. The van der Waals surface area contributed by atoms with Crippen LogP contribution in [-0.2, 0) is 32.6 Å². The van der Waals surface area contributed by atoms with E-state index in [-0.39, 0.29) is 24.8 Å². The van der Waals surface area contributed by atoms with Crippen LogP contribution in [0.5, 0.6) is 17.2 Å². The summed E-state index contributed by atoms with van der Waals surface area (Å²) in [6.45, 7) is 0.272. The molecule has 1 aliphatic carbocycles. The highest BCUT2D eigenvalue weighted by Crippen LogP contribution is 2.31. The number of nitro groups is 1. The molecule has 0 saturated heterocycles. The molecular weight excluding hydrogens is 652 g/mol. The van der Waals surface area contributed by atoms with Crippen LogP contribution >= 0.6 is 0 Å². The van der Waals surface area contributed by atoms with Crippen LogP contribution in [0.2, 0.25) is 0 Å². The van der Waals surface area contributed by atoms with Crippen molar-refractivity contribution in [1.29, 1.82) is 0 Å². The summed E-state index contributed by atoms with van der Waals surface area (Å²) in [6.07, 6.45) is 1.69. The Balaban J connectivity index is 1.19. The van der Waals surface area contributed by atoms with Gasteiger partial charge in [-0.3, -0.25) is 14.9 Å². The number of hydrogen-bond acceptors (Lipinski definition) is 10. The molecule has 5 rings (SSSR count). The van der Waals surface area contributed by atoms with Crippen molar-refractivity contribution in [2.75, 3.05) is 5.32 Å². The Labute approximate surface area is 283 Å². The van der Waals surface area contributed by atoms with Crippen LogP contribution in [-0.4, -0.2) is 37.5 Å². The van der Waals surface area contributed by atoms with E-state index in [1.54, 1.807) is 24.3 Å². The number of para-hydroxylation sites is 1. The molecule has 1 fully saturated rings. The van der Waals surface area contributed by atoms with E-state index in [0.717, 1.165) is 49.5 Å². The standard InChI is InChI=1S/C35H36N4O9S/c36-35(41)48-33(34(40)38-49(44,45)30-19-20-31(32(22-30)39(42)43)37-26-7-3-1-4-8-26)21-24-11-15-27(16-12-24)46-23-25-13-17-29(18-14-25)47-28-9-5-2-6-10-28/h2,5-6,9-20,22,26,33,37H,1,3-4,7-8,21,23H2,(H2,36,41)(H,38,40). The molecule has 1 saturated carbocycles. The SMILES string of the molecule is NC(=O)OC(Cc1ccc(OCc2ccc(Oc3ccccc3)cc2)cc1)C(=O)NS(=O)(=O)c1ccc(NC2CCCCC2)c([N+](=O)[O-])c1. The minimum atomic E-state index is -4.59. The molecule has 2 amide bonds. The first-order valence-corrected chi connectivity index (χ1v) is 17.2. The lowest BCUT2D eigenvalue weighted by molar-refractivity contribution is -0.384. The summed E-state index contributed by atoms with van der Waals surface area (Å²) in [7, 11) is -4.59. The van der Waals surface area contributed by atoms with Crippen LogP contribution in [0.3, 0.4) is 0 Å². The van der Waals surface area contributed by atoms with Crippen LogP contribution in [0, 0.1) is 10.1 Å². The zero-order valence-corrected chi connectivity index (χ0v) is 27.3. The fourth-order valence-corrected chi connectivity index (χ4v) is 6.41. The number of ether oxygens (including phenoxy) is 3. The van der Waals surface area contributed by atoms with Gasteiger partial charge in [0, 0.05) is 18.5 Å². The molecule has 0 heterocycles. The highest BCUT2D eigenvalue weighted by atomic mass is 32.2. The van der Waals surface area contributed by atoms with E-state index in [4.69, 9.17) is 19.9 Å². The van der Waals surface area contributed by atoms with Crippen molar-refractivity contribution in [2.45, 2.75) is 62.2 Å². The number of hydrogen-bond donors (Lipinski definition) is 3. The number of carbonyl (C=O) groups is 2. The number of anilines is 1. The molecular formula is C35H36N4O9S. The summed E-state index contributed by atoms with van der Waals surface area (Å²) in [5.41, 5.74) is 6.34. The number of benzene rings is 4. The van der Waals surface area contributed by atoms with E-state index in [2.05, 4.69) is 5.32 Å². The summed E-state index contributed by atoms with van der Waals surface area (Å²) < 4.78 is 44.7. The Morgan fingerprint density at radius 1 is 0.857 bits per heavy atom. The largest absolute Gasteiger partial charge is 0.489 e. The van der Waals surface area contributed by atoms with E-state index in [0.29, 0.717) is 17.1 Å². The molecule has 4 N–H and O–H groups in total. The number of carbonyl (C=O) groups excluding carboxylic acids is 2. The molecule has 0 aliphatic heterocycles. The number of nitro benzene ring substituents is 1. The maximum Gasteiger partial charge on any atom is 0.405 e. The van der Waals surface area contributed by atoms with Crippen LogP contribution in [0.15, 0.2) is 102 Å². The van der Waals surface area contributed by atoms with E-state index in [9.17, 15) is 28.1 Å². The third kappa shape index (κ3) is 9.93. The second-order valence-corrected chi connectivity index (χ2v) is 13.2. The average Bonchev–Trinajstić information content (AvgIpc) is 3.09. The van der Waals surface area contributed by atoms with Crippen LogP contribution in [0.1, 0.15) is 43.2 Å². The normalized spacial score (nSPS) is 13.9. The van der Waals surface area contributed by atoms with Crippen molar-refractivity contribution < 1.29 is 37.1 Å². The fraction of sp³-hybridized carbons (Fsp3) is 0.257. The van der Waals surface area contributed by atoms with Gasteiger partial charge in [0.1, 0.15) is 29.5 Å². The molecule has 14 heteroatoms. The van der Waals surface area contributed by atoms with E-state index < -0.39 is 43.6 Å². The number of sulfonamides is 1. The van der Waals surface area contributed by atoms with Gasteiger partial charge in [-0.15, -0.1) is 0 Å². The molecule has 0 radical (unpaired) electrons. The van der Waals surface area contributed by atoms with Crippen molar-refractivity contribution >= 4 is 33.4 Å². The van der Waals surface area contributed by atoms with Gasteiger partial charge >= 0.3 is 6.09 Å². The minimum Gasteiger partial charge on any atom is -0.489 e. The van der Waals surface area contributed by atoms with Gasteiger partial charge in [-0.1, -0.05) is 61.7 Å². The van der Waals surface area contributed by atoms with Gasteiger partial charge in [-0.25, -0.2) is 17.9 Å². The molecule has 256 valence electrons. The molecule has 13 nitrogen and oxygen atoms in total. The zero-order chi connectivity index (χ0) is 34.8. The first kappa shape index (κ1) is 34.7. The number of nitrogens with two attached hydrogens (primary N) is 1. The fourth-order valence-electron chi connectivity index (χ4n) is 5.38. The number of rotatable bonds is 14. The van der Waals surface area contributed by atoms with E-state index in [1.807, 2.05) is 59.3 Å². The summed E-state index contributed by atoms with van der Waals surface area (Å²) in [6, 6.07) is 26.8. The van der Waals surface area contributed by atoms with Gasteiger partial charge < -0.3 is 25.3 Å². The Morgan fingerprint density at radius 3 is 2.14 bits per heavy atom. The maximum absolute atomic E-state index is 13.1. The predicted octanol–water partition coefficient (Wildman–Crippen LogP) is 6.22. The Morgan fingerprint density at radius 2 is 1.49 bits per heavy atom. The van der Waals surface area contributed by atoms with Gasteiger partial charge in [-0.2, -0.15) is 0 Å². The molecule has 1 atom stereocenters. The Kier molecular flexibility index (Phi) is 11.3. The topological polar surface area (TPSA) is 189 Å². The third-order valence-corrected chi connectivity index (χ3v) is 9.22. The third-order valence-electron chi connectivity index (χ3n) is 7.88. The Hall–Kier alpha value is -5.63. The highest BCUT2D eigenvalue weighted by molar-refractivity contribution is 7.90. The smallest absolute Gasteiger partial charge is 0.405 e. The summed E-state index contributed by atoms with van der Waals surface area (Å²) in [5.74, 6) is 0.764. The van der Waals surface area contributed by atoms with Crippen molar-refractivity contribution in [3.63, 3.8) is 0 Å². The lowest BCUT2D eigenvalue weighted by Gasteiger charge is -2.23. The monoisotopic (exact) mass is 688 g/mol. The second-order valence-electron chi connectivity index (χ2n) is 11.5. The zero-order valence-electron chi connectivity index (χ0n) is 26.4. The highest BCUT2D eigenvalue weighted by Gasteiger charge is 2.30. The second kappa shape index (κ2) is 16.0. The molecule has 1 unspecified atom stereocenters. The van der Waals surface area contributed by atoms with Crippen molar-refractivity contribution in [3.05, 3.63) is 118 Å². The van der Waals surface area contributed by atoms with Crippen molar-refractivity contribution in [2.24, 2.45) is 5.73 Å². The average molecular weight is 689 g/mol. The number of primary amides is 1. The molecule has 0 bridgehead atoms. The van der Waals surface area contributed by atoms with Gasteiger partial charge in [0.25, 0.3) is 21.6 Å². The van der Waals surface area contributed by atoms with Crippen LogP contribution in [0.25, 0.3) is 0 Å². The number of amides is 2. The minimum absolute atomic E-state index is 0.0419. The summed E-state index contributed by atoms with van der Waals surface area (Å²) in [4.78, 5) is 35.3. The summed E-state index contributed by atoms with van der Waals surface area (Å²) >= 11 is 0. The number of nitrogens with zero attached hydrogens (tertiary/aromatic N) is 1. The molecule has 4 aromatic carbocycles. The lowest BCUT2D eigenvalue weighted by Crippen LogP contribution is -2.43.